The van der Waals surface area contributed by atoms with Crippen LogP contribution in [0.5, 0.6) is 0 Å². The van der Waals surface area contributed by atoms with Gasteiger partial charge in [0.15, 0.2) is 0 Å². The van der Waals surface area contributed by atoms with Crippen LogP contribution in [-0.2, 0) is 9.47 Å². The van der Waals surface area contributed by atoms with E-state index in [9.17, 15) is 4.79 Å². The van der Waals surface area contributed by atoms with Crippen LogP contribution in [-0.4, -0.2) is 61.9 Å². The summed E-state index contributed by atoms with van der Waals surface area (Å²) in [6.45, 7) is 3.89. The van der Waals surface area contributed by atoms with Crippen molar-refractivity contribution in [1.29, 1.82) is 0 Å². The van der Waals surface area contributed by atoms with Crippen LogP contribution in [0.3, 0.4) is 0 Å². The molecular weight excluding hydrogens is 258 g/mol. The molecule has 1 N–H and O–H groups in total. The Bertz CT molecular complexity index is 437. The van der Waals surface area contributed by atoms with Gasteiger partial charge in [-0.3, -0.25) is 4.79 Å². The van der Waals surface area contributed by atoms with E-state index in [0.29, 0.717) is 18.7 Å². The lowest BCUT2D eigenvalue weighted by molar-refractivity contribution is -0.00461. The number of ether oxygens (including phenoxy) is 2. The van der Waals surface area contributed by atoms with Gasteiger partial charge >= 0.3 is 0 Å². The van der Waals surface area contributed by atoms with Gasteiger partial charge in [-0.2, -0.15) is 0 Å². The number of hydrogen-bond donors (Lipinski definition) is 1. The Morgan fingerprint density at radius 1 is 1.35 bits per heavy atom. The molecule has 0 saturated carbocycles. The highest BCUT2D eigenvalue weighted by molar-refractivity contribution is 5.94. The number of likely N-dealkylation sites (tertiary alicyclic amines) is 1. The molecule has 2 rings (SSSR count). The van der Waals surface area contributed by atoms with Gasteiger partial charge in [-0.15, -0.1) is 0 Å². The molecule has 110 valence electrons. The lowest BCUT2D eigenvalue weighted by atomic mass is 10.2. The number of nitrogens with one attached hydrogen (secondary N) is 1. The van der Waals surface area contributed by atoms with E-state index in [1.165, 1.54) is 0 Å². The molecule has 2 unspecified atom stereocenters. The molecule has 6 nitrogen and oxygen atoms in total. The minimum Gasteiger partial charge on any atom is -0.377 e. The summed E-state index contributed by atoms with van der Waals surface area (Å²) in [5, 5.41) is 3.10. The highest BCUT2D eigenvalue weighted by Crippen LogP contribution is 2.18. The third kappa shape index (κ3) is 3.08. The zero-order valence-corrected chi connectivity index (χ0v) is 12.1. The number of carbonyl (C=O) groups is 1. The first-order valence-electron chi connectivity index (χ1n) is 6.74. The largest absolute Gasteiger partial charge is 0.377 e. The van der Waals surface area contributed by atoms with Gasteiger partial charge in [-0.1, -0.05) is 0 Å². The Morgan fingerprint density at radius 3 is 2.45 bits per heavy atom. The van der Waals surface area contributed by atoms with Crippen molar-refractivity contribution in [2.75, 3.05) is 39.2 Å². The third-order valence-corrected chi connectivity index (χ3v) is 3.48. The maximum atomic E-state index is 12.4. The minimum absolute atomic E-state index is 0.0397. The number of hydrogen-bond acceptors (Lipinski definition) is 5. The van der Waals surface area contributed by atoms with E-state index in [0.717, 1.165) is 12.4 Å². The molecule has 1 fully saturated rings. The second-order valence-electron chi connectivity index (χ2n) is 4.72. The molecule has 0 radical (unpaired) electrons. The summed E-state index contributed by atoms with van der Waals surface area (Å²) in [4.78, 5) is 18.4. The topological polar surface area (TPSA) is 63.7 Å². The molecule has 2 atom stereocenters. The predicted molar refractivity (Wildman–Crippen MR) is 75.9 cm³/mol. The van der Waals surface area contributed by atoms with Gasteiger partial charge in [-0.05, 0) is 19.1 Å². The Labute approximate surface area is 119 Å². The molecular formula is C14H21N3O3. The Balaban J connectivity index is 2.04. The first kappa shape index (κ1) is 14.7. The van der Waals surface area contributed by atoms with E-state index in [-0.39, 0.29) is 18.1 Å². The van der Waals surface area contributed by atoms with Crippen molar-refractivity contribution in [2.45, 2.75) is 19.1 Å². The van der Waals surface area contributed by atoms with Gasteiger partial charge in [-0.25, -0.2) is 4.98 Å². The zero-order chi connectivity index (χ0) is 14.5. The summed E-state index contributed by atoms with van der Waals surface area (Å²) < 4.78 is 10.7. The number of methoxy groups -OCH3 is 2. The normalized spacial score (nSPS) is 22.1. The fourth-order valence-corrected chi connectivity index (χ4v) is 2.35. The van der Waals surface area contributed by atoms with Gasteiger partial charge in [0.05, 0.1) is 5.56 Å². The maximum Gasteiger partial charge on any atom is 0.255 e. The van der Waals surface area contributed by atoms with E-state index in [2.05, 4.69) is 10.3 Å². The second-order valence-corrected chi connectivity index (χ2v) is 4.72. The minimum atomic E-state index is -0.0714. The molecule has 0 spiro atoms. The number of pyridine rings is 1. The summed E-state index contributed by atoms with van der Waals surface area (Å²) in [6, 6.07) is 3.60. The molecule has 1 aromatic heterocycles. The number of anilines is 1. The number of rotatable bonds is 5. The molecule has 1 aliphatic rings. The first-order chi connectivity index (χ1) is 9.69. The van der Waals surface area contributed by atoms with Crippen LogP contribution in [0.15, 0.2) is 18.3 Å². The van der Waals surface area contributed by atoms with Gasteiger partial charge in [0.25, 0.3) is 5.91 Å². The quantitative estimate of drug-likeness (QED) is 0.871. The fraction of sp³-hybridized carbons (Fsp3) is 0.571. The van der Waals surface area contributed by atoms with E-state index in [1.807, 2.05) is 13.0 Å². The van der Waals surface area contributed by atoms with Crippen molar-refractivity contribution >= 4 is 11.7 Å². The van der Waals surface area contributed by atoms with Gasteiger partial charge in [0.1, 0.15) is 18.0 Å². The van der Waals surface area contributed by atoms with E-state index in [4.69, 9.17) is 9.47 Å². The lowest BCUT2D eigenvalue weighted by Gasteiger charge is -2.15. The lowest BCUT2D eigenvalue weighted by Crippen LogP contribution is -2.30. The Hall–Kier alpha value is -1.66. The van der Waals surface area contributed by atoms with Crippen LogP contribution in [0, 0.1) is 0 Å². The second kappa shape index (κ2) is 6.67. The first-order valence-corrected chi connectivity index (χ1v) is 6.74. The fourth-order valence-electron chi connectivity index (χ4n) is 2.35. The average Bonchev–Trinajstić information content (AvgIpc) is 2.91. The molecule has 1 saturated heterocycles. The van der Waals surface area contributed by atoms with Crippen molar-refractivity contribution in [2.24, 2.45) is 0 Å². The van der Waals surface area contributed by atoms with Crippen LogP contribution in [0.1, 0.15) is 17.3 Å². The van der Waals surface area contributed by atoms with Crippen LogP contribution >= 0.6 is 0 Å². The summed E-state index contributed by atoms with van der Waals surface area (Å²) in [5.41, 5.74) is 0.582. The smallest absolute Gasteiger partial charge is 0.255 e. The van der Waals surface area contributed by atoms with Crippen LogP contribution < -0.4 is 5.32 Å². The van der Waals surface area contributed by atoms with Crippen molar-refractivity contribution in [3.63, 3.8) is 0 Å². The van der Waals surface area contributed by atoms with Crippen LogP contribution in [0.25, 0.3) is 0 Å². The standard InChI is InChI=1S/C14H21N3O3/c1-4-15-13-6-5-10(7-16-13)14(18)17-8-11(19-2)12(9-17)20-3/h5-7,11-12H,4,8-9H2,1-3H3,(H,15,16). The molecule has 2 heterocycles. The van der Waals surface area contributed by atoms with Crippen molar-refractivity contribution in [3.05, 3.63) is 23.9 Å². The third-order valence-electron chi connectivity index (χ3n) is 3.48. The molecule has 20 heavy (non-hydrogen) atoms. The Kier molecular flexibility index (Phi) is 4.92. The Morgan fingerprint density at radius 2 is 2.00 bits per heavy atom. The molecule has 6 heteroatoms. The highest BCUT2D eigenvalue weighted by atomic mass is 16.5. The summed E-state index contributed by atoms with van der Waals surface area (Å²) in [5.74, 6) is 0.733. The molecule has 1 aliphatic heterocycles. The summed E-state index contributed by atoms with van der Waals surface area (Å²) in [7, 11) is 3.27. The SMILES string of the molecule is CCNc1ccc(C(=O)N2CC(OC)C(OC)C2)cn1. The molecule has 1 aromatic rings. The molecule has 1 amide bonds. The predicted octanol–water partition coefficient (Wildman–Crippen LogP) is 0.999. The molecule has 0 aliphatic carbocycles. The van der Waals surface area contributed by atoms with E-state index >= 15 is 0 Å². The van der Waals surface area contributed by atoms with Crippen molar-refractivity contribution < 1.29 is 14.3 Å². The number of amides is 1. The van der Waals surface area contributed by atoms with Gasteiger partial charge < -0.3 is 19.7 Å². The molecule has 0 aromatic carbocycles. The summed E-state index contributed by atoms with van der Waals surface area (Å²) >= 11 is 0. The highest BCUT2D eigenvalue weighted by Gasteiger charge is 2.35. The van der Waals surface area contributed by atoms with Crippen LogP contribution in [0.2, 0.25) is 0 Å². The number of aromatic nitrogens is 1. The number of carbonyl (C=O) groups excluding carboxylic acids is 1. The zero-order valence-electron chi connectivity index (χ0n) is 12.1. The van der Waals surface area contributed by atoms with Crippen molar-refractivity contribution in [3.8, 4) is 0 Å². The van der Waals surface area contributed by atoms with Crippen LogP contribution in [0.4, 0.5) is 5.82 Å². The average molecular weight is 279 g/mol. The molecule has 0 bridgehead atoms. The summed E-state index contributed by atoms with van der Waals surface area (Å²) in [6.07, 6.45) is 1.46. The van der Waals surface area contributed by atoms with E-state index < -0.39 is 0 Å². The monoisotopic (exact) mass is 279 g/mol. The number of nitrogens with zero attached hydrogens (tertiary/aromatic N) is 2. The maximum absolute atomic E-state index is 12.4. The van der Waals surface area contributed by atoms with Crippen molar-refractivity contribution in [1.82, 2.24) is 9.88 Å². The van der Waals surface area contributed by atoms with Gasteiger partial charge in [0.2, 0.25) is 0 Å². The van der Waals surface area contributed by atoms with E-state index in [1.54, 1.807) is 31.4 Å². The van der Waals surface area contributed by atoms with Gasteiger partial charge in [0, 0.05) is 40.1 Å².